The van der Waals surface area contributed by atoms with Gasteiger partial charge in [0.2, 0.25) is 0 Å². The number of carboxylic acids is 1. The van der Waals surface area contributed by atoms with Crippen molar-refractivity contribution in [2.24, 2.45) is 5.92 Å². The van der Waals surface area contributed by atoms with Gasteiger partial charge in [-0.15, -0.1) is 11.3 Å². The van der Waals surface area contributed by atoms with Crippen LogP contribution < -0.4 is 5.32 Å². The molecule has 0 bridgehead atoms. The molecule has 2 saturated carbocycles. The number of carboxylic acid groups (broad SMARTS) is 1. The van der Waals surface area contributed by atoms with Crippen molar-refractivity contribution in [2.45, 2.75) is 51.1 Å². The lowest BCUT2D eigenvalue weighted by molar-refractivity contribution is -0.139. The van der Waals surface area contributed by atoms with E-state index < -0.39 is 5.97 Å². The Labute approximate surface area is 151 Å². The fraction of sp³-hybridized carbons (Fsp3) is 0.611. The first kappa shape index (κ1) is 16.7. The number of nitrogens with one attached hydrogen (secondary N) is 1. The van der Waals surface area contributed by atoms with E-state index in [4.69, 9.17) is 5.11 Å². The molecule has 2 N–H and O–H groups in total. The molecule has 25 heavy (non-hydrogen) atoms. The summed E-state index contributed by atoms with van der Waals surface area (Å²) < 4.78 is 0. The Morgan fingerprint density at radius 1 is 1.40 bits per heavy atom. The van der Waals surface area contributed by atoms with Gasteiger partial charge in [-0.1, -0.05) is 6.92 Å². The zero-order valence-corrected chi connectivity index (χ0v) is 15.3. The first-order valence-electron chi connectivity index (χ1n) is 9.09. The van der Waals surface area contributed by atoms with Gasteiger partial charge < -0.3 is 10.4 Å². The number of nitrogens with zero attached hydrogens (tertiary/aromatic N) is 3. The van der Waals surface area contributed by atoms with E-state index in [1.807, 2.05) is 0 Å². The topological polar surface area (TPSA) is 78.4 Å². The van der Waals surface area contributed by atoms with Gasteiger partial charge in [-0.2, -0.15) is 0 Å². The van der Waals surface area contributed by atoms with Gasteiger partial charge in [0.05, 0.1) is 11.9 Å². The lowest BCUT2D eigenvalue weighted by atomic mass is 9.85. The van der Waals surface area contributed by atoms with Crippen molar-refractivity contribution < 1.29 is 9.90 Å². The van der Waals surface area contributed by atoms with Crippen LogP contribution in [0, 0.1) is 5.92 Å². The Balaban J connectivity index is 1.40. The number of hydrogen-bond donors (Lipinski definition) is 2. The number of aliphatic carboxylic acids is 1. The molecule has 2 fully saturated rings. The summed E-state index contributed by atoms with van der Waals surface area (Å²) in [6.45, 7) is 3.17. The summed E-state index contributed by atoms with van der Waals surface area (Å²) in [5.41, 5.74) is 0. The molecule has 0 saturated heterocycles. The number of aromatic nitrogens is 2. The Kier molecular flexibility index (Phi) is 4.60. The number of aryl methyl sites for hydroxylation is 1. The number of carbonyl (C=O) groups is 1. The molecule has 6 nitrogen and oxygen atoms in total. The summed E-state index contributed by atoms with van der Waals surface area (Å²) in [5.74, 6) is 1.79. The second-order valence-corrected chi connectivity index (χ2v) is 8.11. The van der Waals surface area contributed by atoms with Crippen molar-refractivity contribution in [1.82, 2.24) is 14.9 Å². The first-order valence-corrected chi connectivity index (χ1v) is 9.96. The highest BCUT2D eigenvalue weighted by Crippen LogP contribution is 2.35. The highest BCUT2D eigenvalue weighted by atomic mass is 32.1. The maximum absolute atomic E-state index is 11.1. The zero-order chi connectivity index (χ0) is 17.4. The van der Waals surface area contributed by atoms with Gasteiger partial charge >= 0.3 is 5.97 Å². The summed E-state index contributed by atoms with van der Waals surface area (Å²) in [6, 6.07) is 2.81. The van der Waals surface area contributed by atoms with Gasteiger partial charge in [-0.05, 0) is 43.0 Å². The van der Waals surface area contributed by atoms with Crippen LogP contribution in [0.15, 0.2) is 11.4 Å². The Hall–Kier alpha value is -1.73. The lowest BCUT2D eigenvalue weighted by Gasteiger charge is -2.43. The van der Waals surface area contributed by atoms with Crippen LogP contribution in [0.4, 0.5) is 5.82 Å². The van der Waals surface area contributed by atoms with Crippen LogP contribution in [0.5, 0.6) is 0 Å². The van der Waals surface area contributed by atoms with Gasteiger partial charge in [0.1, 0.15) is 16.5 Å². The fourth-order valence-electron chi connectivity index (χ4n) is 3.51. The van der Waals surface area contributed by atoms with Gasteiger partial charge in [0.25, 0.3) is 0 Å². The Bertz CT molecular complexity index is 768. The molecule has 134 valence electrons. The minimum Gasteiger partial charge on any atom is -0.480 e. The van der Waals surface area contributed by atoms with Gasteiger partial charge in [0.15, 0.2) is 0 Å². The summed E-state index contributed by atoms with van der Waals surface area (Å²) in [5, 5.41) is 15.9. The van der Waals surface area contributed by atoms with Crippen LogP contribution in [0.3, 0.4) is 0 Å². The molecular weight excluding hydrogens is 336 g/mol. The van der Waals surface area contributed by atoms with E-state index >= 15 is 0 Å². The van der Waals surface area contributed by atoms with Crippen molar-refractivity contribution in [3.8, 4) is 0 Å². The molecule has 0 unspecified atom stereocenters. The second kappa shape index (κ2) is 6.88. The van der Waals surface area contributed by atoms with Crippen molar-refractivity contribution in [1.29, 1.82) is 0 Å². The number of anilines is 1. The smallest absolute Gasteiger partial charge is 0.317 e. The third kappa shape index (κ3) is 3.77. The van der Waals surface area contributed by atoms with Gasteiger partial charge in [0, 0.05) is 25.0 Å². The maximum Gasteiger partial charge on any atom is 0.317 e. The summed E-state index contributed by atoms with van der Waals surface area (Å²) in [6.07, 6.45) is 5.29. The summed E-state index contributed by atoms with van der Waals surface area (Å²) in [7, 11) is 0. The van der Waals surface area contributed by atoms with Crippen molar-refractivity contribution in [3.05, 3.63) is 17.3 Å². The van der Waals surface area contributed by atoms with E-state index in [-0.39, 0.29) is 6.54 Å². The average molecular weight is 360 g/mol. The van der Waals surface area contributed by atoms with Crippen LogP contribution in [-0.4, -0.2) is 51.1 Å². The molecule has 2 aromatic heterocycles. The molecule has 0 spiro atoms. The van der Waals surface area contributed by atoms with Gasteiger partial charge in [-0.25, -0.2) is 9.97 Å². The molecule has 2 aliphatic carbocycles. The first-order chi connectivity index (χ1) is 12.1. The van der Waals surface area contributed by atoms with E-state index in [1.165, 1.54) is 12.8 Å². The van der Waals surface area contributed by atoms with E-state index in [9.17, 15) is 4.79 Å². The van der Waals surface area contributed by atoms with E-state index in [2.05, 4.69) is 38.6 Å². The molecule has 0 radical (unpaired) electrons. The number of fused-ring (bicyclic) bond motifs is 1. The minimum absolute atomic E-state index is 0.163. The maximum atomic E-state index is 11.1. The quantitative estimate of drug-likeness (QED) is 0.753. The summed E-state index contributed by atoms with van der Waals surface area (Å²) in [4.78, 5) is 23.6. The van der Waals surface area contributed by atoms with Crippen molar-refractivity contribution in [2.75, 3.05) is 18.4 Å². The molecule has 2 aliphatic rings. The van der Waals surface area contributed by atoms with Crippen LogP contribution in [0.2, 0.25) is 0 Å². The average Bonchev–Trinajstić information content (AvgIpc) is 3.22. The van der Waals surface area contributed by atoms with E-state index in [0.29, 0.717) is 18.0 Å². The molecule has 4 rings (SSSR count). The third-order valence-electron chi connectivity index (χ3n) is 5.19. The van der Waals surface area contributed by atoms with Gasteiger partial charge in [-0.3, -0.25) is 9.69 Å². The Morgan fingerprint density at radius 2 is 2.20 bits per heavy atom. The van der Waals surface area contributed by atoms with Crippen molar-refractivity contribution >= 4 is 33.3 Å². The Morgan fingerprint density at radius 3 is 2.88 bits per heavy atom. The van der Waals surface area contributed by atoms with Crippen LogP contribution in [0.25, 0.3) is 10.2 Å². The molecule has 0 aliphatic heterocycles. The number of thiophene rings is 1. The largest absolute Gasteiger partial charge is 0.480 e. The fourth-order valence-corrected chi connectivity index (χ4v) is 4.30. The SMILES string of the molecule is CCc1nc(NC2CC(N(CC(=O)O)CC3CC3)C2)c2ccsc2n1. The third-order valence-corrected chi connectivity index (χ3v) is 5.99. The molecule has 0 amide bonds. The normalized spacial score (nSPS) is 23.0. The van der Waals surface area contributed by atoms with E-state index in [0.717, 1.165) is 47.7 Å². The highest BCUT2D eigenvalue weighted by molar-refractivity contribution is 7.16. The second-order valence-electron chi connectivity index (χ2n) is 7.21. The van der Waals surface area contributed by atoms with Crippen molar-refractivity contribution in [3.63, 3.8) is 0 Å². The molecule has 2 aromatic rings. The van der Waals surface area contributed by atoms with E-state index in [1.54, 1.807) is 11.3 Å². The standard InChI is InChI=1S/C18H24N4O2S/c1-2-15-20-17(14-5-6-25-18(14)21-15)19-12-7-13(8-12)22(10-16(23)24)9-11-3-4-11/h5-6,11-13H,2-4,7-10H2,1H3,(H,23,24)(H,19,20,21). The minimum atomic E-state index is -0.722. The molecule has 2 heterocycles. The number of rotatable bonds is 8. The molecule has 7 heteroatoms. The van der Waals surface area contributed by atoms with Crippen LogP contribution in [0.1, 0.15) is 38.4 Å². The molecule has 0 aromatic carbocycles. The summed E-state index contributed by atoms with van der Waals surface area (Å²) >= 11 is 1.65. The predicted molar refractivity (Wildman–Crippen MR) is 99.2 cm³/mol. The predicted octanol–water partition coefficient (Wildman–Crippen LogP) is 2.99. The zero-order valence-electron chi connectivity index (χ0n) is 14.4. The number of hydrogen-bond acceptors (Lipinski definition) is 6. The highest BCUT2D eigenvalue weighted by Gasteiger charge is 2.37. The molecule has 0 atom stereocenters. The van der Waals surface area contributed by atoms with Crippen LogP contribution in [-0.2, 0) is 11.2 Å². The van der Waals surface area contributed by atoms with Crippen LogP contribution >= 0.6 is 11.3 Å². The molecular formula is C18H24N4O2S. The monoisotopic (exact) mass is 360 g/mol. The lowest BCUT2D eigenvalue weighted by Crippen LogP contribution is -2.52.